The minimum atomic E-state index is -1.46. The van der Waals surface area contributed by atoms with Gasteiger partial charge in [0.25, 0.3) is 0 Å². The molecule has 0 aromatic heterocycles. The molecule has 1 heterocycles. The molecule has 0 aromatic carbocycles. The SMILES string of the molecule is CCCC1CCCCC(CC)[Si]1(NC)NC. The predicted octanol–water partition coefficient (Wildman–Crippen LogP) is 3.39. The van der Waals surface area contributed by atoms with Crippen LogP contribution in [-0.4, -0.2) is 22.5 Å². The fourth-order valence-electron chi connectivity index (χ4n) is 3.76. The second kappa shape index (κ2) is 6.77. The third-order valence-corrected chi connectivity index (χ3v) is 10.1. The summed E-state index contributed by atoms with van der Waals surface area (Å²) in [6.07, 6.45) is 9.84. The standard InChI is InChI=1S/C13H30N2Si/c1-5-9-13-11-8-7-10-12(6-2)16(13,14-3)15-4/h12-15H,5-11H2,1-4H3. The molecule has 1 aliphatic rings. The van der Waals surface area contributed by atoms with Crippen LogP contribution in [0, 0.1) is 0 Å². The van der Waals surface area contributed by atoms with Crippen molar-refractivity contribution in [2.75, 3.05) is 14.1 Å². The van der Waals surface area contributed by atoms with Gasteiger partial charge in [-0.05, 0) is 25.2 Å². The Morgan fingerprint density at radius 2 is 1.56 bits per heavy atom. The molecule has 1 fully saturated rings. The van der Waals surface area contributed by atoms with Gasteiger partial charge in [-0.1, -0.05) is 58.8 Å². The highest BCUT2D eigenvalue weighted by atomic mass is 28.3. The van der Waals surface area contributed by atoms with Crippen LogP contribution in [0.25, 0.3) is 0 Å². The van der Waals surface area contributed by atoms with Gasteiger partial charge < -0.3 is 9.96 Å². The highest BCUT2D eigenvalue weighted by molar-refractivity contribution is 6.77. The molecular weight excluding hydrogens is 212 g/mol. The number of nitrogens with one attached hydrogen (secondary N) is 2. The van der Waals surface area contributed by atoms with Gasteiger partial charge in [0, 0.05) is 0 Å². The molecule has 96 valence electrons. The fourth-order valence-corrected chi connectivity index (χ4v) is 9.01. The molecule has 0 aliphatic carbocycles. The summed E-state index contributed by atoms with van der Waals surface area (Å²) >= 11 is 0. The van der Waals surface area contributed by atoms with E-state index in [0.717, 1.165) is 11.1 Å². The van der Waals surface area contributed by atoms with Gasteiger partial charge in [0.1, 0.15) is 0 Å². The lowest BCUT2D eigenvalue weighted by Gasteiger charge is -2.42. The molecule has 2 atom stereocenters. The maximum Gasteiger partial charge on any atom is 0.207 e. The van der Waals surface area contributed by atoms with Gasteiger partial charge in [0.2, 0.25) is 8.40 Å². The Morgan fingerprint density at radius 1 is 1.00 bits per heavy atom. The highest BCUT2D eigenvalue weighted by Crippen LogP contribution is 2.43. The van der Waals surface area contributed by atoms with Crippen LogP contribution >= 0.6 is 0 Å². The van der Waals surface area contributed by atoms with Crippen molar-refractivity contribution >= 4 is 8.40 Å². The van der Waals surface area contributed by atoms with Gasteiger partial charge in [-0.25, -0.2) is 0 Å². The first kappa shape index (κ1) is 14.2. The number of hydrogen-bond donors (Lipinski definition) is 2. The van der Waals surface area contributed by atoms with Crippen LogP contribution in [0.15, 0.2) is 0 Å². The number of rotatable bonds is 5. The molecule has 2 N–H and O–H groups in total. The van der Waals surface area contributed by atoms with Crippen LogP contribution in [-0.2, 0) is 0 Å². The van der Waals surface area contributed by atoms with E-state index >= 15 is 0 Å². The average Bonchev–Trinajstić information content (AvgIpc) is 2.49. The lowest BCUT2D eigenvalue weighted by atomic mass is 10.1. The van der Waals surface area contributed by atoms with Crippen molar-refractivity contribution < 1.29 is 0 Å². The first-order valence-corrected chi connectivity index (χ1v) is 9.28. The summed E-state index contributed by atoms with van der Waals surface area (Å²) in [4.78, 5) is 7.54. The van der Waals surface area contributed by atoms with Crippen LogP contribution in [0.5, 0.6) is 0 Å². The first-order valence-electron chi connectivity index (χ1n) is 7.12. The van der Waals surface area contributed by atoms with Crippen molar-refractivity contribution in [3.8, 4) is 0 Å². The zero-order valence-corrected chi connectivity index (χ0v) is 12.6. The molecule has 0 spiro atoms. The van der Waals surface area contributed by atoms with E-state index in [9.17, 15) is 0 Å². The monoisotopic (exact) mass is 242 g/mol. The zero-order valence-electron chi connectivity index (χ0n) is 11.6. The largest absolute Gasteiger partial charge is 0.328 e. The quantitative estimate of drug-likeness (QED) is 0.722. The van der Waals surface area contributed by atoms with E-state index in [4.69, 9.17) is 0 Å². The summed E-state index contributed by atoms with van der Waals surface area (Å²) in [6, 6.07) is 0. The molecule has 1 aliphatic heterocycles. The minimum absolute atomic E-state index is 0.918. The Labute approximate surface area is 103 Å². The third-order valence-electron chi connectivity index (χ3n) is 4.60. The van der Waals surface area contributed by atoms with Gasteiger partial charge in [-0.15, -0.1) is 0 Å². The maximum absolute atomic E-state index is 3.77. The predicted molar refractivity (Wildman–Crippen MR) is 75.0 cm³/mol. The van der Waals surface area contributed by atoms with Crippen molar-refractivity contribution in [2.45, 2.75) is 69.9 Å². The van der Waals surface area contributed by atoms with Gasteiger partial charge in [-0.2, -0.15) is 0 Å². The van der Waals surface area contributed by atoms with Crippen LogP contribution < -0.4 is 9.96 Å². The highest BCUT2D eigenvalue weighted by Gasteiger charge is 2.45. The average molecular weight is 242 g/mol. The molecule has 0 bridgehead atoms. The summed E-state index contributed by atoms with van der Waals surface area (Å²) in [5, 5.41) is 0. The Morgan fingerprint density at radius 3 is 2.00 bits per heavy atom. The maximum atomic E-state index is 3.77. The summed E-state index contributed by atoms with van der Waals surface area (Å²) in [7, 11) is 2.93. The van der Waals surface area contributed by atoms with Crippen LogP contribution in [0.1, 0.15) is 58.8 Å². The van der Waals surface area contributed by atoms with Gasteiger partial charge in [0.05, 0.1) is 0 Å². The fraction of sp³-hybridized carbons (Fsp3) is 1.00. The van der Waals surface area contributed by atoms with Crippen molar-refractivity contribution in [1.82, 2.24) is 9.96 Å². The Kier molecular flexibility index (Phi) is 6.01. The summed E-state index contributed by atoms with van der Waals surface area (Å²) in [5.41, 5.74) is 1.85. The zero-order chi connectivity index (χ0) is 12.0. The van der Waals surface area contributed by atoms with Crippen molar-refractivity contribution in [3.05, 3.63) is 0 Å². The number of hydrogen-bond acceptors (Lipinski definition) is 2. The molecule has 0 amide bonds. The molecule has 0 radical (unpaired) electrons. The van der Waals surface area contributed by atoms with E-state index in [0.29, 0.717) is 0 Å². The van der Waals surface area contributed by atoms with E-state index in [1.54, 1.807) is 0 Å². The van der Waals surface area contributed by atoms with Gasteiger partial charge >= 0.3 is 0 Å². The molecule has 1 saturated heterocycles. The summed E-state index contributed by atoms with van der Waals surface area (Å²) in [5.74, 6) is 0. The van der Waals surface area contributed by atoms with E-state index in [-0.39, 0.29) is 0 Å². The first-order chi connectivity index (χ1) is 7.75. The van der Waals surface area contributed by atoms with E-state index in [1.165, 1.54) is 44.9 Å². The molecule has 2 nitrogen and oxygen atoms in total. The second-order valence-corrected chi connectivity index (χ2v) is 9.62. The normalized spacial score (nSPS) is 30.0. The second-order valence-electron chi connectivity index (χ2n) is 5.24. The molecule has 0 aromatic rings. The molecular formula is C13H30N2Si. The Hall–Kier alpha value is 0.137. The molecule has 1 rings (SSSR count). The molecule has 2 unspecified atom stereocenters. The van der Waals surface area contributed by atoms with Crippen molar-refractivity contribution in [1.29, 1.82) is 0 Å². The van der Waals surface area contributed by atoms with E-state index in [1.807, 2.05) is 0 Å². The lowest BCUT2D eigenvalue weighted by Crippen LogP contribution is -2.65. The van der Waals surface area contributed by atoms with Gasteiger partial charge in [0.15, 0.2) is 0 Å². The summed E-state index contributed by atoms with van der Waals surface area (Å²) in [6.45, 7) is 4.70. The van der Waals surface area contributed by atoms with Crippen LogP contribution in [0.2, 0.25) is 11.1 Å². The van der Waals surface area contributed by atoms with E-state index < -0.39 is 8.40 Å². The van der Waals surface area contributed by atoms with Crippen LogP contribution in [0.3, 0.4) is 0 Å². The smallest absolute Gasteiger partial charge is 0.207 e. The third kappa shape index (κ3) is 2.69. The Bertz CT molecular complexity index is 192. The lowest BCUT2D eigenvalue weighted by molar-refractivity contribution is 0.600. The van der Waals surface area contributed by atoms with Crippen molar-refractivity contribution in [2.24, 2.45) is 0 Å². The molecule has 16 heavy (non-hydrogen) atoms. The van der Waals surface area contributed by atoms with Crippen molar-refractivity contribution in [3.63, 3.8) is 0 Å². The summed E-state index contributed by atoms with van der Waals surface area (Å²) < 4.78 is 0. The minimum Gasteiger partial charge on any atom is -0.328 e. The van der Waals surface area contributed by atoms with Gasteiger partial charge in [-0.3, -0.25) is 0 Å². The Balaban J connectivity index is 2.92. The topological polar surface area (TPSA) is 24.1 Å². The van der Waals surface area contributed by atoms with E-state index in [2.05, 4.69) is 37.9 Å². The molecule has 0 saturated carbocycles. The van der Waals surface area contributed by atoms with Crippen LogP contribution in [0.4, 0.5) is 0 Å². The molecule has 3 heteroatoms.